The third-order valence-corrected chi connectivity index (χ3v) is 5.51. The average Bonchev–Trinajstić information content (AvgIpc) is 3.17. The van der Waals surface area contributed by atoms with Gasteiger partial charge in [-0.3, -0.25) is 9.69 Å². The number of hydrogen-bond donors (Lipinski definition) is 0. The van der Waals surface area contributed by atoms with Gasteiger partial charge in [0, 0.05) is 16.5 Å². The Balaban J connectivity index is 1.86. The highest BCUT2D eigenvalue weighted by Gasteiger charge is 2.39. The molecule has 3 aromatic rings. The van der Waals surface area contributed by atoms with E-state index in [9.17, 15) is 4.79 Å². The zero-order chi connectivity index (χ0) is 19.0. The van der Waals surface area contributed by atoms with E-state index in [0.717, 1.165) is 11.1 Å². The molecule has 0 fully saturated rings. The monoisotopic (exact) mass is 400 g/mol. The topological polar surface area (TPSA) is 51.0 Å². The van der Waals surface area contributed by atoms with Gasteiger partial charge in [-0.1, -0.05) is 60.5 Å². The Labute approximate surface area is 167 Å². The van der Waals surface area contributed by atoms with Gasteiger partial charge >= 0.3 is 0 Å². The maximum Gasteiger partial charge on any atom is 0.231 e. The highest BCUT2D eigenvalue weighted by molar-refractivity contribution is 6.31. The van der Waals surface area contributed by atoms with Gasteiger partial charge in [0.05, 0.1) is 12.1 Å². The number of carbonyl (C=O) groups is 1. The first-order chi connectivity index (χ1) is 13.1. The molecule has 0 spiro atoms. The van der Waals surface area contributed by atoms with E-state index < -0.39 is 0 Å². The number of benzene rings is 2. The minimum absolute atomic E-state index is 0.00167. The quantitative estimate of drug-likeness (QED) is 0.616. The Bertz CT molecular complexity index is 970. The van der Waals surface area contributed by atoms with Gasteiger partial charge in [-0.15, -0.1) is 0 Å². The first-order valence-corrected chi connectivity index (χ1v) is 9.57. The van der Waals surface area contributed by atoms with Gasteiger partial charge in [0.2, 0.25) is 11.9 Å². The number of aromatic nitrogens is 3. The molecule has 0 bridgehead atoms. The Morgan fingerprint density at radius 2 is 1.85 bits per heavy atom. The second-order valence-corrected chi connectivity index (χ2v) is 7.31. The van der Waals surface area contributed by atoms with Crippen molar-refractivity contribution in [2.24, 2.45) is 0 Å². The zero-order valence-electron chi connectivity index (χ0n) is 14.7. The highest BCUT2D eigenvalue weighted by Crippen LogP contribution is 2.43. The van der Waals surface area contributed by atoms with Gasteiger partial charge < -0.3 is 0 Å². The molecule has 0 aliphatic carbocycles. The molecular weight excluding hydrogens is 383 g/mol. The average molecular weight is 401 g/mol. The lowest BCUT2D eigenvalue weighted by Crippen LogP contribution is -2.42. The van der Waals surface area contributed by atoms with E-state index in [0.29, 0.717) is 28.8 Å². The van der Waals surface area contributed by atoms with Crippen molar-refractivity contribution in [3.05, 3.63) is 76.0 Å². The van der Waals surface area contributed by atoms with Crippen molar-refractivity contribution in [1.82, 2.24) is 14.8 Å². The third kappa shape index (κ3) is 3.22. The molecule has 7 heteroatoms. The van der Waals surface area contributed by atoms with Crippen LogP contribution in [0.5, 0.6) is 0 Å². The van der Waals surface area contributed by atoms with E-state index in [4.69, 9.17) is 23.2 Å². The fourth-order valence-corrected chi connectivity index (χ4v) is 4.01. The molecule has 2 heterocycles. The molecule has 0 saturated heterocycles. The van der Waals surface area contributed by atoms with Gasteiger partial charge in [-0.05, 0) is 35.7 Å². The lowest BCUT2D eigenvalue weighted by atomic mass is 9.91. The number of anilines is 1. The highest BCUT2D eigenvalue weighted by atomic mass is 35.5. The smallest absolute Gasteiger partial charge is 0.231 e. The van der Waals surface area contributed by atoms with E-state index in [1.165, 1.54) is 6.33 Å². The van der Waals surface area contributed by atoms with E-state index in [2.05, 4.69) is 10.1 Å². The number of hydrogen-bond acceptors (Lipinski definition) is 3. The molecule has 1 aliphatic heterocycles. The van der Waals surface area contributed by atoms with Crippen LogP contribution in [0.25, 0.3) is 0 Å². The van der Waals surface area contributed by atoms with Gasteiger partial charge in [0.25, 0.3) is 0 Å². The Kier molecular flexibility index (Phi) is 4.89. The molecule has 0 saturated carbocycles. The summed E-state index contributed by atoms with van der Waals surface area (Å²) in [6.45, 7) is 1.85. The van der Waals surface area contributed by atoms with Crippen LogP contribution in [0.4, 0.5) is 5.95 Å². The van der Waals surface area contributed by atoms with Gasteiger partial charge in [-0.2, -0.15) is 10.1 Å². The fraction of sp³-hybridized carbons (Fsp3) is 0.250. The van der Waals surface area contributed by atoms with Crippen LogP contribution in [-0.2, 0) is 4.79 Å². The first kappa shape index (κ1) is 18.0. The number of fused-ring (bicyclic) bond motifs is 1. The predicted octanol–water partition coefficient (Wildman–Crippen LogP) is 5.06. The summed E-state index contributed by atoms with van der Waals surface area (Å²) >= 11 is 12.5. The van der Waals surface area contributed by atoms with Crippen LogP contribution in [0.1, 0.15) is 43.0 Å². The van der Waals surface area contributed by atoms with Crippen molar-refractivity contribution in [2.75, 3.05) is 4.90 Å². The van der Waals surface area contributed by atoms with Crippen LogP contribution in [0, 0.1) is 0 Å². The number of carbonyl (C=O) groups excluding carboxylic acids is 1. The largest absolute Gasteiger partial charge is 0.274 e. The molecule has 0 radical (unpaired) electrons. The first-order valence-electron chi connectivity index (χ1n) is 8.81. The predicted molar refractivity (Wildman–Crippen MR) is 106 cm³/mol. The fourth-order valence-electron chi connectivity index (χ4n) is 3.62. The number of amides is 1. The molecule has 1 aromatic heterocycles. The van der Waals surface area contributed by atoms with Crippen LogP contribution >= 0.6 is 23.2 Å². The van der Waals surface area contributed by atoms with Gasteiger partial charge in [0.15, 0.2) is 0 Å². The minimum Gasteiger partial charge on any atom is -0.274 e. The number of halogens is 2. The van der Waals surface area contributed by atoms with Crippen molar-refractivity contribution in [1.29, 1.82) is 0 Å². The Morgan fingerprint density at radius 3 is 2.56 bits per heavy atom. The summed E-state index contributed by atoms with van der Waals surface area (Å²) in [6.07, 6.45) is 2.51. The Hall–Kier alpha value is -2.37. The van der Waals surface area contributed by atoms with E-state index >= 15 is 0 Å². The van der Waals surface area contributed by atoms with Crippen molar-refractivity contribution in [3.63, 3.8) is 0 Å². The van der Waals surface area contributed by atoms with Crippen LogP contribution in [0.15, 0.2) is 54.9 Å². The molecule has 5 nitrogen and oxygen atoms in total. The molecule has 27 heavy (non-hydrogen) atoms. The molecule has 0 N–H and O–H groups in total. The SMILES string of the molecule is CCC(=O)N1c2ncnn2[C@H](c2ccccc2Cl)C[C@@H]1c1ccc(Cl)cc1. The molecule has 1 aliphatic rings. The lowest BCUT2D eigenvalue weighted by Gasteiger charge is -2.39. The molecule has 0 unspecified atom stereocenters. The molecule has 1 amide bonds. The summed E-state index contributed by atoms with van der Waals surface area (Å²) < 4.78 is 1.79. The normalized spacial score (nSPS) is 19.0. The van der Waals surface area contributed by atoms with E-state index in [1.807, 2.05) is 55.5 Å². The molecule has 2 atom stereocenters. The molecule has 2 aromatic carbocycles. The van der Waals surface area contributed by atoms with Crippen LogP contribution in [-0.4, -0.2) is 20.7 Å². The summed E-state index contributed by atoms with van der Waals surface area (Å²) in [6, 6.07) is 15.0. The summed E-state index contributed by atoms with van der Waals surface area (Å²) in [5, 5.41) is 5.73. The molecular formula is C20H18Cl2N4O. The van der Waals surface area contributed by atoms with Crippen LogP contribution in [0.2, 0.25) is 10.0 Å². The second-order valence-electron chi connectivity index (χ2n) is 6.46. The van der Waals surface area contributed by atoms with Crippen molar-refractivity contribution >= 4 is 35.1 Å². The van der Waals surface area contributed by atoms with Crippen LogP contribution in [0.3, 0.4) is 0 Å². The zero-order valence-corrected chi connectivity index (χ0v) is 16.2. The van der Waals surface area contributed by atoms with E-state index in [1.54, 1.807) is 9.58 Å². The number of rotatable bonds is 3. The molecule has 4 rings (SSSR count). The van der Waals surface area contributed by atoms with Crippen molar-refractivity contribution in [2.45, 2.75) is 31.8 Å². The number of nitrogens with zero attached hydrogens (tertiary/aromatic N) is 4. The Morgan fingerprint density at radius 1 is 1.11 bits per heavy atom. The van der Waals surface area contributed by atoms with Crippen molar-refractivity contribution < 1.29 is 4.79 Å². The standard InChI is InChI=1S/C20H18Cl2N4O/c1-2-19(27)25-17(13-7-9-14(21)10-8-13)11-18(26-20(25)23-12-24-26)15-5-3-4-6-16(15)22/h3-10,12,17-18H,2,11H2,1H3/t17-,18+/m1/s1. The van der Waals surface area contributed by atoms with Crippen molar-refractivity contribution in [3.8, 4) is 0 Å². The summed E-state index contributed by atoms with van der Waals surface area (Å²) in [4.78, 5) is 18.9. The summed E-state index contributed by atoms with van der Waals surface area (Å²) in [5.41, 5.74) is 1.97. The van der Waals surface area contributed by atoms with E-state index in [-0.39, 0.29) is 18.0 Å². The third-order valence-electron chi connectivity index (χ3n) is 4.91. The maximum atomic E-state index is 12.8. The lowest BCUT2D eigenvalue weighted by molar-refractivity contribution is -0.119. The second kappa shape index (κ2) is 7.33. The minimum atomic E-state index is -0.173. The van der Waals surface area contributed by atoms with Gasteiger partial charge in [-0.25, -0.2) is 4.68 Å². The van der Waals surface area contributed by atoms with Gasteiger partial charge in [0.1, 0.15) is 6.33 Å². The summed E-state index contributed by atoms with van der Waals surface area (Å²) in [5.74, 6) is 0.541. The maximum absolute atomic E-state index is 12.8. The molecule has 138 valence electrons. The van der Waals surface area contributed by atoms with Crippen LogP contribution < -0.4 is 4.90 Å². The summed E-state index contributed by atoms with van der Waals surface area (Å²) in [7, 11) is 0.